The summed E-state index contributed by atoms with van der Waals surface area (Å²) in [7, 11) is 0. The van der Waals surface area contributed by atoms with Crippen molar-refractivity contribution in [3.63, 3.8) is 0 Å². The van der Waals surface area contributed by atoms with Crippen molar-refractivity contribution in [2.75, 3.05) is 0 Å². The second-order valence-corrected chi connectivity index (χ2v) is 4.56. The van der Waals surface area contributed by atoms with Crippen molar-refractivity contribution in [1.82, 2.24) is 0 Å². The van der Waals surface area contributed by atoms with Crippen LogP contribution in [0.2, 0.25) is 0 Å². The van der Waals surface area contributed by atoms with Crippen LogP contribution in [0.15, 0.2) is 58.8 Å². The van der Waals surface area contributed by atoms with E-state index in [4.69, 9.17) is 5.73 Å². The lowest BCUT2D eigenvalue weighted by molar-refractivity contribution is 0.502. The number of nitrogens with two attached hydrogens (primary N) is 1. The number of aryl methyl sites for hydroxylation is 1. The van der Waals surface area contributed by atoms with Gasteiger partial charge in [-0.1, -0.05) is 42.5 Å². The smallest absolute Gasteiger partial charge is 0.111 e. The van der Waals surface area contributed by atoms with Crippen LogP contribution in [0.3, 0.4) is 0 Å². The van der Waals surface area contributed by atoms with E-state index in [9.17, 15) is 0 Å². The molecular formula is C14H17N3. The maximum atomic E-state index is 6.13. The first-order valence-corrected chi connectivity index (χ1v) is 5.71. The minimum atomic E-state index is -0.457. The van der Waals surface area contributed by atoms with Crippen LogP contribution < -0.4 is 5.73 Å². The average Bonchev–Trinajstić information content (AvgIpc) is 2.29. The summed E-state index contributed by atoms with van der Waals surface area (Å²) in [5, 5.41) is 8.61. The van der Waals surface area contributed by atoms with E-state index in [1.165, 1.54) is 0 Å². The van der Waals surface area contributed by atoms with Crippen LogP contribution in [0, 0.1) is 6.92 Å². The normalized spacial score (nSPS) is 27.8. The monoisotopic (exact) mass is 227 g/mol. The van der Waals surface area contributed by atoms with Crippen LogP contribution in [0.25, 0.3) is 0 Å². The molecule has 88 valence electrons. The maximum absolute atomic E-state index is 6.13. The largest absolute Gasteiger partial charge is 0.320 e. The lowest BCUT2D eigenvalue weighted by Crippen LogP contribution is -2.45. The highest BCUT2D eigenvalue weighted by Gasteiger charge is 2.26. The minimum absolute atomic E-state index is 0.105. The Morgan fingerprint density at radius 3 is 2.71 bits per heavy atom. The van der Waals surface area contributed by atoms with E-state index in [-0.39, 0.29) is 6.04 Å². The summed E-state index contributed by atoms with van der Waals surface area (Å²) >= 11 is 0. The van der Waals surface area contributed by atoms with Gasteiger partial charge in [-0.2, -0.15) is 10.2 Å². The van der Waals surface area contributed by atoms with Crippen molar-refractivity contribution >= 4 is 5.69 Å². The van der Waals surface area contributed by atoms with Crippen LogP contribution in [-0.2, 0) is 0 Å². The van der Waals surface area contributed by atoms with Gasteiger partial charge in [0.25, 0.3) is 0 Å². The van der Waals surface area contributed by atoms with Crippen molar-refractivity contribution < 1.29 is 0 Å². The standard InChI is InChI=1S/C14H17N3/c1-11-7-3-4-8-12(11)16-17-13-9-5-6-10-14(13,2)15/h3-10,13H,15H2,1-2H3. The van der Waals surface area contributed by atoms with Gasteiger partial charge >= 0.3 is 0 Å². The number of hydrogen-bond donors (Lipinski definition) is 1. The minimum Gasteiger partial charge on any atom is -0.320 e. The fourth-order valence-electron chi connectivity index (χ4n) is 1.70. The predicted molar refractivity (Wildman–Crippen MR) is 70.4 cm³/mol. The molecule has 0 amide bonds. The summed E-state index contributed by atoms with van der Waals surface area (Å²) in [6, 6.07) is 7.82. The Labute approximate surface area is 102 Å². The van der Waals surface area contributed by atoms with E-state index >= 15 is 0 Å². The van der Waals surface area contributed by atoms with Crippen molar-refractivity contribution in [2.45, 2.75) is 25.4 Å². The fourth-order valence-corrected chi connectivity index (χ4v) is 1.70. The average molecular weight is 227 g/mol. The molecule has 3 nitrogen and oxygen atoms in total. The van der Waals surface area contributed by atoms with Crippen LogP contribution in [0.1, 0.15) is 12.5 Å². The molecule has 1 aliphatic rings. The molecule has 2 N–H and O–H groups in total. The van der Waals surface area contributed by atoms with E-state index < -0.39 is 5.54 Å². The van der Waals surface area contributed by atoms with Gasteiger partial charge in [-0.25, -0.2) is 0 Å². The number of azo groups is 1. The highest BCUT2D eigenvalue weighted by molar-refractivity contribution is 5.44. The second kappa shape index (κ2) is 4.63. The Bertz CT molecular complexity index is 484. The summed E-state index contributed by atoms with van der Waals surface area (Å²) in [6.45, 7) is 3.97. The molecule has 17 heavy (non-hydrogen) atoms. The highest BCUT2D eigenvalue weighted by atomic mass is 15.1. The molecule has 1 aliphatic carbocycles. The Balaban J connectivity index is 2.19. The molecule has 0 saturated carbocycles. The van der Waals surface area contributed by atoms with Gasteiger partial charge in [0.15, 0.2) is 0 Å². The zero-order valence-electron chi connectivity index (χ0n) is 10.2. The van der Waals surface area contributed by atoms with Gasteiger partial charge in [0.2, 0.25) is 0 Å². The first-order valence-electron chi connectivity index (χ1n) is 5.71. The topological polar surface area (TPSA) is 50.7 Å². The Morgan fingerprint density at radius 1 is 1.24 bits per heavy atom. The summed E-state index contributed by atoms with van der Waals surface area (Å²) in [4.78, 5) is 0. The molecule has 2 atom stereocenters. The summed E-state index contributed by atoms with van der Waals surface area (Å²) in [6.07, 6.45) is 7.83. The van der Waals surface area contributed by atoms with Crippen LogP contribution in [0.5, 0.6) is 0 Å². The molecule has 0 spiro atoms. The first kappa shape index (κ1) is 11.7. The lowest BCUT2D eigenvalue weighted by atomic mass is 9.90. The van der Waals surface area contributed by atoms with Crippen LogP contribution in [0.4, 0.5) is 5.69 Å². The van der Waals surface area contributed by atoms with Crippen LogP contribution in [-0.4, -0.2) is 11.6 Å². The van der Waals surface area contributed by atoms with E-state index in [1.54, 1.807) is 0 Å². The van der Waals surface area contributed by atoms with E-state index in [2.05, 4.69) is 10.2 Å². The molecule has 0 bridgehead atoms. The first-order chi connectivity index (χ1) is 8.09. The third-order valence-electron chi connectivity index (χ3n) is 2.90. The van der Waals surface area contributed by atoms with Gasteiger partial charge in [-0.15, -0.1) is 0 Å². The van der Waals surface area contributed by atoms with Gasteiger partial charge < -0.3 is 5.73 Å². The third kappa shape index (κ3) is 2.68. The zero-order valence-corrected chi connectivity index (χ0v) is 10.2. The second-order valence-electron chi connectivity index (χ2n) is 4.56. The van der Waals surface area contributed by atoms with Crippen molar-refractivity contribution in [3.05, 3.63) is 54.1 Å². The molecule has 0 aliphatic heterocycles. The highest BCUT2D eigenvalue weighted by Crippen LogP contribution is 2.22. The van der Waals surface area contributed by atoms with E-state index in [0.29, 0.717) is 0 Å². The predicted octanol–water partition coefficient (Wildman–Crippen LogP) is 3.29. The molecule has 1 aromatic rings. The Hall–Kier alpha value is -1.74. The quantitative estimate of drug-likeness (QED) is 0.774. The summed E-state index contributed by atoms with van der Waals surface area (Å²) < 4.78 is 0. The van der Waals surface area contributed by atoms with Crippen molar-refractivity contribution in [2.24, 2.45) is 16.0 Å². The Morgan fingerprint density at radius 2 is 2.00 bits per heavy atom. The molecule has 0 radical (unpaired) electrons. The van der Waals surface area contributed by atoms with Crippen molar-refractivity contribution in [1.29, 1.82) is 0 Å². The summed E-state index contributed by atoms with van der Waals surface area (Å²) in [5.41, 5.74) is 7.69. The van der Waals surface area contributed by atoms with Gasteiger partial charge in [0, 0.05) is 0 Å². The van der Waals surface area contributed by atoms with Crippen LogP contribution >= 0.6 is 0 Å². The van der Waals surface area contributed by atoms with Gasteiger partial charge in [-0.3, -0.25) is 0 Å². The van der Waals surface area contributed by atoms with Gasteiger partial charge in [0.05, 0.1) is 11.2 Å². The SMILES string of the molecule is Cc1ccccc1N=NC1C=CC=CC1(C)N. The summed E-state index contributed by atoms with van der Waals surface area (Å²) in [5.74, 6) is 0. The molecule has 3 heteroatoms. The van der Waals surface area contributed by atoms with E-state index in [1.807, 2.05) is 62.4 Å². The number of hydrogen-bond acceptors (Lipinski definition) is 3. The molecular weight excluding hydrogens is 210 g/mol. The maximum Gasteiger partial charge on any atom is 0.111 e. The lowest BCUT2D eigenvalue weighted by Gasteiger charge is -2.26. The van der Waals surface area contributed by atoms with E-state index in [0.717, 1.165) is 11.3 Å². The number of rotatable bonds is 2. The Kier molecular flexibility index (Phi) is 3.20. The van der Waals surface area contributed by atoms with Gasteiger partial charge in [0.1, 0.15) is 6.04 Å². The fraction of sp³-hybridized carbons (Fsp3) is 0.286. The number of benzene rings is 1. The molecule has 2 unspecified atom stereocenters. The number of allylic oxidation sites excluding steroid dienone is 2. The molecule has 0 heterocycles. The molecule has 1 aromatic carbocycles. The molecule has 0 fully saturated rings. The third-order valence-corrected chi connectivity index (χ3v) is 2.90. The molecule has 0 aromatic heterocycles. The molecule has 2 rings (SSSR count). The van der Waals surface area contributed by atoms with Gasteiger partial charge in [-0.05, 0) is 25.5 Å². The molecule has 0 saturated heterocycles. The number of nitrogens with zero attached hydrogens (tertiary/aromatic N) is 2. The van der Waals surface area contributed by atoms with Crippen molar-refractivity contribution in [3.8, 4) is 0 Å². The zero-order chi connectivity index (χ0) is 12.3.